The first kappa shape index (κ1) is 24.7. The lowest BCUT2D eigenvalue weighted by Gasteiger charge is -2.29. The molecule has 0 aliphatic carbocycles. The molecule has 0 saturated carbocycles. The van der Waals surface area contributed by atoms with Crippen LogP contribution in [0.25, 0.3) is 0 Å². The number of carbonyl (C=O) groups is 1. The van der Waals surface area contributed by atoms with E-state index in [4.69, 9.17) is 0 Å². The van der Waals surface area contributed by atoms with E-state index < -0.39 is 70.3 Å². The van der Waals surface area contributed by atoms with Gasteiger partial charge >= 0.3 is 30.2 Å². The van der Waals surface area contributed by atoms with Gasteiger partial charge in [-0.2, -0.15) is 43.9 Å². The molecular weight excluding hydrogens is 418 g/mol. The smallest absolute Gasteiger partial charge is 0.459 e. The van der Waals surface area contributed by atoms with Crippen LogP contribution in [-0.4, -0.2) is 56.7 Å². The zero-order chi connectivity index (χ0) is 21.2. The highest BCUT2D eigenvalue weighted by molar-refractivity contribution is 7.92. The molecule has 0 radical (unpaired) electrons. The molecule has 0 aromatic carbocycles. The van der Waals surface area contributed by atoms with Crippen molar-refractivity contribution >= 4 is 15.8 Å². The zero-order valence-corrected chi connectivity index (χ0v) is 13.5. The minimum Gasteiger partial charge on any atom is -0.468 e. The Hall–Kier alpha value is -1.28. The summed E-state index contributed by atoms with van der Waals surface area (Å²) in [4.78, 5) is 11.3. The topological polar surface area (TPSA) is 60.4 Å². The number of alkyl halides is 10. The fraction of sp³-hybridized carbons (Fsp3) is 0.909. The van der Waals surface area contributed by atoms with E-state index in [2.05, 4.69) is 4.74 Å². The van der Waals surface area contributed by atoms with Gasteiger partial charge in [0.2, 0.25) is 0 Å². The van der Waals surface area contributed by atoms with Crippen LogP contribution >= 0.6 is 0 Å². The summed E-state index contributed by atoms with van der Waals surface area (Å²) in [6.45, 7) is 0. The third-order valence-electron chi connectivity index (χ3n) is 3.10. The van der Waals surface area contributed by atoms with Crippen LogP contribution in [0.1, 0.15) is 19.3 Å². The van der Waals surface area contributed by atoms with Gasteiger partial charge in [0.05, 0.1) is 19.3 Å². The second-order valence-electron chi connectivity index (χ2n) is 5.06. The minimum atomic E-state index is -6.67. The fourth-order valence-corrected chi connectivity index (χ4v) is 3.32. The maximum absolute atomic E-state index is 13.2. The molecule has 26 heavy (non-hydrogen) atoms. The SMILES string of the molecule is COC(=O)C(CCC(F)(F)C(F)(F)C(F)(F)F)S(=O)(=O)CCC(F)(F)F. The molecule has 0 N–H and O–H groups in total. The Labute approximate surface area is 140 Å². The number of esters is 1. The molecular formula is C11H12F10O4S. The summed E-state index contributed by atoms with van der Waals surface area (Å²) >= 11 is 0. The normalized spacial score (nSPS) is 15.7. The van der Waals surface area contributed by atoms with Gasteiger partial charge in [-0.15, -0.1) is 0 Å². The first-order chi connectivity index (χ1) is 11.3. The van der Waals surface area contributed by atoms with E-state index in [9.17, 15) is 57.1 Å². The van der Waals surface area contributed by atoms with Crippen LogP contribution in [-0.2, 0) is 19.4 Å². The summed E-state index contributed by atoms with van der Waals surface area (Å²) in [7, 11) is -4.60. The van der Waals surface area contributed by atoms with Gasteiger partial charge in [0.25, 0.3) is 0 Å². The number of hydrogen-bond acceptors (Lipinski definition) is 4. The third-order valence-corrected chi connectivity index (χ3v) is 5.17. The van der Waals surface area contributed by atoms with Crippen molar-refractivity contribution in [2.24, 2.45) is 0 Å². The van der Waals surface area contributed by atoms with Gasteiger partial charge in [-0.25, -0.2) is 8.42 Å². The second kappa shape index (κ2) is 7.76. The summed E-state index contributed by atoms with van der Waals surface area (Å²) in [5.74, 6) is -16.0. The molecule has 0 bridgehead atoms. The second-order valence-corrected chi connectivity index (χ2v) is 7.36. The van der Waals surface area contributed by atoms with E-state index in [0.717, 1.165) is 0 Å². The summed E-state index contributed by atoms with van der Waals surface area (Å²) in [5, 5.41) is -2.76. The molecule has 1 atom stereocenters. The molecule has 0 aliphatic rings. The van der Waals surface area contributed by atoms with Crippen molar-refractivity contribution in [1.82, 2.24) is 0 Å². The minimum absolute atomic E-state index is 0.525. The summed E-state index contributed by atoms with van der Waals surface area (Å²) < 4.78 is 151. The van der Waals surface area contributed by atoms with Gasteiger partial charge in [0, 0.05) is 6.42 Å². The van der Waals surface area contributed by atoms with Crippen molar-refractivity contribution < 1.29 is 61.9 Å². The summed E-state index contributed by atoms with van der Waals surface area (Å²) in [5.41, 5.74) is 0. The van der Waals surface area contributed by atoms with Crippen LogP contribution in [0.5, 0.6) is 0 Å². The standard InChI is InChI=1S/C11H12F10O4S/c1-25-7(22)6(26(23,24)5-4-9(14,15)16)2-3-8(12,13)10(17,18)11(19,20)21/h6H,2-5H2,1H3. The Morgan fingerprint density at radius 2 is 1.38 bits per heavy atom. The molecule has 0 heterocycles. The van der Waals surface area contributed by atoms with Crippen LogP contribution in [0.15, 0.2) is 0 Å². The van der Waals surface area contributed by atoms with Crippen molar-refractivity contribution in [2.75, 3.05) is 12.9 Å². The van der Waals surface area contributed by atoms with Crippen molar-refractivity contribution in [2.45, 2.75) is 48.7 Å². The van der Waals surface area contributed by atoms with Crippen molar-refractivity contribution in [1.29, 1.82) is 0 Å². The lowest BCUT2D eigenvalue weighted by atomic mass is 10.0. The first-order valence-corrected chi connectivity index (χ1v) is 8.18. The Morgan fingerprint density at radius 1 is 0.923 bits per heavy atom. The average Bonchev–Trinajstić information content (AvgIpc) is 2.42. The van der Waals surface area contributed by atoms with Gasteiger partial charge in [0.1, 0.15) is 0 Å². The molecule has 4 nitrogen and oxygen atoms in total. The van der Waals surface area contributed by atoms with Gasteiger partial charge in [-0.1, -0.05) is 0 Å². The summed E-state index contributed by atoms with van der Waals surface area (Å²) in [6.07, 6.45) is -17.9. The van der Waals surface area contributed by atoms with Gasteiger partial charge in [-0.3, -0.25) is 4.79 Å². The lowest BCUT2D eigenvalue weighted by Crippen LogP contribution is -2.52. The van der Waals surface area contributed by atoms with E-state index in [0.29, 0.717) is 7.11 Å². The molecule has 0 aliphatic heterocycles. The van der Waals surface area contributed by atoms with E-state index in [1.807, 2.05) is 0 Å². The van der Waals surface area contributed by atoms with Gasteiger partial charge in [0.15, 0.2) is 15.1 Å². The molecule has 0 fully saturated rings. The van der Waals surface area contributed by atoms with Crippen LogP contribution in [0.3, 0.4) is 0 Å². The average molecular weight is 430 g/mol. The number of carbonyl (C=O) groups excluding carboxylic acids is 1. The van der Waals surface area contributed by atoms with Crippen molar-refractivity contribution in [3.8, 4) is 0 Å². The van der Waals surface area contributed by atoms with Gasteiger partial charge in [-0.05, 0) is 6.42 Å². The highest BCUT2D eigenvalue weighted by atomic mass is 32.2. The lowest BCUT2D eigenvalue weighted by molar-refractivity contribution is -0.355. The molecule has 0 rings (SSSR count). The van der Waals surface area contributed by atoms with E-state index in [-0.39, 0.29) is 0 Å². The van der Waals surface area contributed by atoms with Crippen LogP contribution in [0.4, 0.5) is 43.9 Å². The zero-order valence-electron chi connectivity index (χ0n) is 12.7. The Kier molecular flexibility index (Phi) is 7.38. The van der Waals surface area contributed by atoms with Crippen LogP contribution < -0.4 is 0 Å². The largest absolute Gasteiger partial charge is 0.468 e. The third kappa shape index (κ3) is 6.16. The quantitative estimate of drug-likeness (QED) is 0.437. The molecule has 0 saturated heterocycles. The maximum atomic E-state index is 13.2. The fourth-order valence-electron chi connectivity index (χ4n) is 1.65. The number of halogens is 10. The number of ether oxygens (including phenoxy) is 1. The Bertz CT molecular complexity index is 593. The highest BCUT2D eigenvalue weighted by Gasteiger charge is 2.72. The maximum Gasteiger partial charge on any atom is 0.459 e. The monoisotopic (exact) mass is 430 g/mol. The Balaban J connectivity index is 5.47. The molecule has 0 spiro atoms. The first-order valence-electron chi connectivity index (χ1n) is 6.47. The predicted octanol–water partition coefficient (Wildman–Crippen LogP) is 3.51. The van der Waals surface area contributed by atoms with E-state index in [1.54, 1.807) is 0 Å². The molecule has 0 amide bonds. The van der Waals surface area contributed by atoms with E-state index in [1.165, 1.54) is 0 Å². The number of sulfone groups is 1. The molecule has 1 unspecified atom stereocenters. The van der Waals surface area contributed by atoms with E-state index >= 15 is 0 Å². The van der Waals surface area contributed by atoms with Crippen LogP contribution in [0.2, 0.25) is 0 Å². The predicted molar refractivity (Wildman–Crippen MR) is 65.4 cm³/mol. The molecule has 0 aromatic heterocycles. The highest BCUT2D eigenvalue weighted by Crippen LogP contribution is 2.48. The number of rotatable bonds is 8. The van der Waals surface area contributed by atoms with Crippen molar-refractivity contribution in [3.63, 3.8) is 0 Å². The number of hydrogen-bond donors (Lipinski definition) is 0. The number of methoxy groups -OCH3 is 1. The van der Waals surface area contributed by atoms with Crippen LogP contribution in [0, 0.1) is 0 Å². The Morgan fingerprint density at radius 3 is 1.73 bits per heavy atom. The van der Waals surface area contributed by atoms with Crippen molar-refractivity contribution in [3.05, 3.63) is 0 Å². The molecule has 0 aromatic rings. The molecule has 156 valence electrons. The summed E-state index contributed by atoms with van der Waals surface area (Å²) in [6, 6.07) is 0. The molecule has 15 heteroatoms. The van der Waals surface area contributed by atoms with Gasteiger partial charge < -0.3 is 4.74 Å².